The van der Waals surface area contributed by atoms with Crippen molar-refractivity contribution in [3.63, 3.8) is 0 Å². The van der Waals surface area contributed by atoms with Gasteiger partial charge in [-0.05, 0) is 44.5 Å². The minimum absolute atomic E-state index is 0.250. The molecule has 2 aliphatic rings. The molecule has 0 radical (unpaired) electrons. The Hall–Kier alpha value is -2.09. The van der Waals surface area contributed by atoms with Crippen LogP contribution in [-0.4, -0.2) is 70.3 Å². The van der Waals surface area contributed by atoms with Crippen molar-refractivity contribution in [2.24, 2.45) is 0 Å². The van der Waals surface area contributed by atoms with Crippen LogP contribution in [0.25, 0.3) is 11.4 Å². The van der Waals surface area contributed by atoms with E-state index in [0.717, 1.165) is 74.9 Å². The van der Waals surface area contributed by atoms with Gasteiger partial charge in [-0.25, -0.2) is 9.97 Å². The molecule has 1 fully saturated rings. The van der Waals surface area contributed by atoms with E-state index >= 15 is 0 Å². The highest BCUT2D eigenvalue weighted by atomic mass is 16.3. The second kappa shape index (κ2) is 9.41. The molecule has 2 aromatic rings. The van der Waals surface area contributed by atoms with Crippen LogP contribution < -0.4 is 10.6 Å². The summed E-state index contributed by atoms with van der Waals surface area (Å²) in [5.41, 5.74) is 3.31. The maximum atomic E-state index is 9.63. The van der Waals surface area contributed by atoms with Crippen LogP contribution in [-0.2, 0) is 12.8 Å². The Labute approximate surface area is 166 Å². The quantitative estimate of drug-likeness (QED) is 0.698. The number of fused-ring (bicyclic) bond motifs is 1. The Morgan fingerprint density at radius 3 is 3.00 bits per heavy atom. The largest absolute Gasteiger partial charge is 0.395 e. The van der Waals surface area contributed by atoms with Crippen LogP contribution in [0.2, 0.25) is 0 Å². The standard InChI is InChI=1S/C21H30N6O/c28-15-17-5-1-2-12-27(17)13-11-24-21-18-6-9-22-10-7-19(18)25-20(26-21)16-4-3-8-23-14-16/h3-4,8,14,17,22,28H,1-2,5-7,9-13,15H2,(H,24,25,26). The fourth-order valence-corrected chi connectivity index (χ4v) is 4.19. The molecule has 0 saturated carbocycles. The first-order valence-electron chi connectivity index (χ1n) is 10.4. The average Bonchev–Trinajstić information content (AvgIpc) is 3.00. The van der Waals surface area contributed by atoms with Crippen LogP contribution >= 0.6 is 0 Å². The number of hydrogen-bond donors (Lipinski definition) is 3. The zero-order valence-corrected chi connectivity index (χ0v) is 16.4. The number of hydrogen-bond acceptors (Lipinski definition) is 7. The summed E-state index contributed by atoms with van der Waals surface area (Å²) in [4.78, 5) is 16.3. The molecule has 2 aliphatic heterocycles. The number of piperidine rings is 1. The Bertz CT molecular complexity index is 769. The molecule has 7 heteroatoms. The lowest BCUT2D eigenvalue weighted by molar-refractivity contribution is 0.0940. The lowest BCUT2D eigenvalue weighted by atomic mass is 10.0. The third-order valence-corrected chi connectivity index (χ3v) is 5.75. The molecule has 28 heavy (non-hydrogen) atoms. The molecular weight excluding hydrogens is 352 g/mol. The van der Waals surface area contributed by atoms with Gasteiger partial charge in [-0.1, -0.05) is 6.42 Å². The minimum Gasteiger partial charge on any atom is -0.395 e. The summed E-state index contributed by atoms with van der Waals surface area (Å²) < 4.78 is 0. The Morgan fingerprint density at radius 2 is 2.14 bits per heavy atom. The summed E-state index contributed by atoms with van der Waals surface area (Å²) in [6.07, 6.45) is 8.97. The molecule has 1 unspecified atom stereocenters. The SMILES string of the molecule is OCC1CCCCN1CCNc1nc(-c2cccnc2)nc2c1CCNCC2. The summed E-state index contributed by atoms with van der Waals surface area (Å²) in [5.74, 6) is 1.69. The topological polar surface area (TPSA) is 86.2 Å². The van der Waals surface area contributed by atoms with Gasteiger partial charge in [-0.2, -0.15) is 0 Å². The first-order valence-corrected chi connectivity index (χ1v) is 10.4. The lowest BCUT2D eigenvalue weighted by Gasteiger charge is -2.34. The number of anilines is 1. The summed E-state index contributed by atoms with van der Waals surface area (Å²) in [6, 6.07) is 4.23. The van der Waals surface area contributed by atoms with Gasteiger partial charge in [0.05, 0.1) is 12.3 Å². The lowest BCUT2D eigenvalue weighted by Crippen LogP contribution is -2.44. The molecule has 0 bridgehead atoms. The predicted octanol–water partition coefficient (Wildman–Crippen LogP) is 1.49. The number of aliphatic hydroxyl groups is 1. The zero-order chi connectivity index (χ0) is 19.2. The summed E-state index contributed by atoms with van der Waals surface area (Å²) in [5, 5.41) is 16.7. The third-order valence-electron chi connectivity index (χ3n) is 5.75. The second-order valence-electron chi connectivity index (χ2n) is 7.61. The predicted molar refractivity (Wildman–Crippen MR) is 110 cm³/mol. The van der Waals surface area contributed by atoms with Crippen molar-refractivity contribution in [1.82, 2.24) is 25.2 Å². The van der Waals surface area contributed by atoms with Crippen LogP contribution in [0.1, 0.15) is 30.5 Å². The monoisotopic (exact) mass is 382 g/mol. The number of nitrogens with one attached hydrogen (secondary N) is 2. The van der Waals surface area contributed by atoms with Crippen molar-refractivity contribution in [1.29, 1.82) is 0 Å². The fourth-order valence-electron chi connectivity index (χ4n) is 4.19. The third kappa shape index (κ3) is 4.48. The zero-order valence-electron chi connectivity index (χ0n) is 16.4. The van der Waals surface area contributed by atoms with Crippen molar-refractivity contribution in [2.75, 3.05) is 44.6 Å². The fraction of sp³-hybridized carbons (Fsp3) is 0.571. The Balaban J connectivity index is 1.53. The number of rotatable bonds is 6. The van der Waals surface area contributed by atoms with Crippen LogP contribution in [0.15, 0.2) is 24.5 Å². The number of aliphatic hydroxyl groups excluding tert-OH is 1. The highest BCUT2D eigenvalue weighted by Gasteiger charge is 2.22. The molecule has 3 N–H and O–H groups in total. The van der Waals surface area contributed by atoms with Crippen molar-refractivity contribution in [3.05, 3.63) is 35.8 Å². The first kappa shape index (κ1) is 19.2. The van der Waals surface area contributed by atoms with Crippen molar-refractivity contribution < 1.29 is 5.11 Å². The smallest absolute Gasteiger partial charge is 0.163 e. The highest BCUT2D eigenvalue weighted by Crippen LogP contribution is 2.24. The summed E-state index contributed by atoms with van der Waals surface area (Å²) >= 11 is 0. The Kier molecular flexibility index (Phi) is 6.46. The van der Waals surface area contributed by atoms with Crippen LogP contribution in [0.3, 0.4) is 0 Å². The maximum Gasteiger partial charge on any atom is 0.163 e. The van der Waals surface area contributed by atoms with Gasteiger partial charge in [0, 0.05) is 55.6 Å². The maximum absolute atomic E-state index is 9.63. The van der Waals surface area contributed by atoms with Crippen LogP contribution in [0, 0.1) is 0 Å². The first-order chi connectivity index (χ1) is 13.8. The van der Waals surface area contributed by atoms with Gasteiger partial charge in [0.15, 0.2) is 5.82 Å². The molecule has 1 saturated heterocycles. The van der Waals surface area contributed by atoms with E-state index in [1.807, 2.05) is 18.3 Å². The van der Waals surface area contributed by atoms with Crippen LogP contribution in [0.5, 0.6) is 0 Å². The summed E-state index contributed by atoms with van der Waals surface area (Å²) in [7, 11) is 0. The van der Waals surface area contributed by atoms with E-state index in [1.165, 1.54) is 18.4 Å². The molecule has 7 nitrogen and oxygen atoms in total. The molecule has 2 aromatic heterocycles. The van der Waals surface area contributed by atoms with E-state index in [4.69, 9.17) is 9.97 Å². The van der Waals surface area contributed by atoms with Crippen molar-refractivity contribution >= 4 is 5.82 Å². The molecule has 150 valence electrons. The van der Waals surface area contributed by atoms with E-state index < -0.39 is 0 Å². The van der Waals surface area contributed by atoms with Crippen molar-refractivity contribution in [3.8, 4) is 11.4 Å². The van der Waals surface area contributed by atoms with E-state index in [1.54, 1.807) is 6.20 Å². The highest BCUT2D eigenvalue weighted by molar-refractivity contribution is 5.59. The van der Waals surface area contributed by atoms with Gasteiger partial charge in [0.25, 0.3) is 0 Å². The van der Waals surface area contributed by atoms with Gasteiger partial charge < -0.3 is 15.7 Å². The molecule has 0 aliphatic carbocycles. The summed E-state index contributed by atoms with van der Waals surface area (Å²) in [6.45, 7) is 4.96. The van der Waals surface area contributed by atoms with Crippen LogP contribution in [0.4, 0.5) is 5.82 Å². The molecule has 0 amide bonds. The van der Waals surface area contributed by atoms with E-state index in [2.05, 4.69) is 20.5 Å². The molecule has 4 rings (SSSR count). The van der Waals surface area contributed by atoms with Gasteiger partial charge in [-0.3, -0.25) is 9.88 Å². The molecule has 1 atom stereocenters. The van der Waals surface area contributed by atoms with E-state index in [-0.39, 0.29) is 6.61 Å². The molecule has 0 spiro atoms. The normalized spacial score (nSPS) is 20.4. The van der Waals surface area contributed by atoms with Gasteiger partial charge in [-0.15, -0.1) is 0 Å². The van der Waals surface area contributed by atoms with Gasteiger partial charge >= 0.3 is 0 Å². The molecule has 4 heterocycles. The number of aromatic nitrogens is 3. The van der Waals surface area contributed by atoms with E-state index in [9.17, 15) is 5.11 Å². The van der Waals surface area contributed by atoms with Gasteiger partial charge in [0.2, 0.25) is 0 Å². The molecule has 0 aromatic carbocycles. The van der Waals surface area contributed by atoms with Crippen molar-refractivity contribution in [2.45, 2.75) is 38.1 Å². The number of pyridine rings is 1. The molecular formula is C21H30N6O. The number of nitrogens with zero attached hydrogens (tertiary/aromatic N) is 4. The second-order valence-corrected chi connectivity index (χ2v) is 7.61. The number of likely N-dealkylation sites (tertiary alicyclic amines) is 1. The Morgan fingerprint density at radius 1 is 1.21 bits per heavy atom. The van der Waals surface area contributed by atoms with Gasteiger partial charge in [0.1, 0.15) is 5.82 Å². The average molecular weight is 383 g/mol. The minimum atomic E-state index is 0.250. The van der Waals surface area contributed by atoms with E-state index in [0.29, 0.717) is 6.04 Å².